The van der Waals surface area contributed by atoms with E-state index in [0.29, 0.717) is 17.1 Å². The number of hydrogen-bond donors (Lipinski definition) is 1. The second-order valence-electron chi connectivity index (χ2n) is 5.62. The van der Waals surface area contributed by atoms with Crippen molar-refractivity contribution in [3.05, 3.63) is 34.6 Å². The molecule has 0 amide bonds. The topological polar surface area (TPSA) is 15.3 Å². The Morgan fingerprint density at radius 3 is 2.90 bits per heavy atom. The van der Waals surface area contributed by atoms with Crippen LogP contribution in [0, 0.1) is 5.82 Å². The first-order valence-electron chi connectivity index (χ1n) is 7.55. The van der Waals surface area contributed by atoms with Gasteiger partial charge in [-0.3, -0.25) is 4.90 Å². The minimum atomic E-state index is -0.210. The summed E-state index contributed by atoms with van der Waals surface area (Å²) in [5.74, 6) is -0.210. The lowest BCUT2D eigenvalue weighted by Crippen LogP contribution is -2.55. The first-order valence-corrected chi connectivity index (χ1v) is 7.93. The average molecular weight is 299 g/mol. The van der Waals surface area contributed by atoms with E-state index in [1.165, 1.54) is 6.07 Å². The van der Waals surface area contributed by atoms with Crippen molar-refractivity contribution in [2.24, 2.45) is 0 Å². The third-order valence-electron chi connectivity index (χ3n) is 4.11. The molecule has 1 heterocycles. The number of rotatable bonds is 5. The van der Waals surface area contributed by atoms with Crippen molar-refractivity contribution in [3.8, 4) is 0 Å². The number of nitrogens with one attached hydrogen (secondary N) is 1. The van der Waals surface area contributed by atoms with Gasteiger partial charge in [-0.1, -0.05) is 31.9 Å². The van der Waals surface area contributed by atoms with Crippen LogP contribution in [0.5, 0.6) is 0 Å². The number of halogens is 2. The Balaban J connectivity index is 2.11. The van der Waals surface area contributed by atoms with Gasteiger partial charge in [0.05, 0.1) is 0 Å². The van der Waals surface area contributed by atoms with Gasteiger partial charge in [0.15, 0.2) is 0 Å². The SMILES string of the molecule is CCCC1CNC(CC)CN1Cc1cc(F)ccc1Cl. The molecular weight excluding hydrogens is 275 g/mol. The molecule has 0 radical (unpaired) electrons. The van der Waals surface area contributed by atoms with Gasteiger partial charge in [0, 0.05) is 36.7 Å². The van der Waals surface area contributed by atoms with Crippen LogP contribution in [0.15, 0.2) is 18.2 Å². The lowest BCUT2D eigenvalue weighted by Gasteiger charge is -2.40. The fraction of sp³-hybridized carbons (Fsp3) is 0.625. The van der Waals surface area contributed by atoms with E-state index in [1.54, 1.807) is 12.1 Å². The van der Waals surface area contributed by atoms with Crippen LogP contribution in [0.3, 0.4) is 0 Å². The van der Waals surface area contributed by atoms with E-state index in [-0.39, 0.29) is 5.82 Å². The maximum atomic E-state index is 13.4. The van der Waals surface area contributed by atoms with E-state index in [0.717, 1.165) is 44.5 Å². The first kappa shape index (κ1) is 15.7. The monoisotopic (exact) mass is 298 g/mol. The van der Waals surface area contributed by atoms with Gasteiger partial charge in [-0.2, -0.15) is 0 Å². The summed E-state index contributed by atoms with van der Waals surface area (Å²) in [5.41, 5.74) is 0.893. The highest BCUT2D eigenvalue weighted by atomic mass is 35.5. The zero-order valence-corrected chi connectivity index (χ0v) is 13.1. The third kappa shape index (κ3) is 3.94. The molecule has 2 rings (SSSR count). The maximum absolute atomic E-state index is 13.4. The average Bonchev–Trinajstić information content (AvgIpc) is 2.45. The number of hydrogen-bond acceptors (Lipinski definition) is 2. The molecule has 1 N–H and O–H groups in total. The predicted octanol–water partition coefficient (Wildman–Crippen LogP) is 3.83. The summed E-state index contributed by atoms with van der Waals surface area (Å²) in [7, 11) is 0. The molecule has 1 aliphatic heterocycles. The summed E-state index contributed by atoms with van der Waals surface area (Å²) < 4.78 is 13.4. The minimum Gasteiger partial charge on any atom is -0.311 e. The lowest BCUT2D eigenvalue weighted by atomic mass is 10.0. The molecule has 1 saturated heterocycles. The van der Waals surface area contributed by atoms with Crippen LogP contribution in [-0.4, -0.2) is 30.1 Å². The van der Waals surface area contributed by atoms with Gasteiger partial charge >= 0.3 is 0 Å². The summed E-state index contributed by atoms with van der Waals surface area (Å²) >= 11 is 6.20. The molecule has 1 aromatic carbocycles. The molecule has 2 unspecified atom stereocenters. The molecule has 1 aromatic rings. The highest BCUT2D eigenvalue weighted by molar-refractivity contribution is 6.31. The zero-order chi connectivity index (χ0) is 14.5. The van der Waals surface area contributed by atoms with E-state index in [2.05, 4.69) is 24.1 Å². The molecular formula is C16H24ClFN2. The Morgan fingerprint density at radius 2 is 2.20 bits per heavy atom. The molecule has 2 atom stereocenters. The Morgan fingerprint density at radius 1 is 1.40 bits per heavy atom. The van der Waals surface area contributed by atoms with E-state index in [4.69, 9.17) is 11.6 Å². The smallest absolute Gasteiger partial charge is 0.123 e. The summed E-state index contributed by atoms with van der Waals surface area (Å²) in [5, 5.41) is 4.26. The highest BCUT2D eigenvalue weighted by Gasteiger charge is 2.26. The molecule has 2 nitrogen and oxygen atoms in total. The molecule has 0 bridgehead atoms. The Bertz CT molecular complexity index is 438. The molecule has 112 valence electrons. The Kier molecular flexibility index (Phi) is 5.82. The summed E-state index contributed by atoms with van der Waals surface area (Å²) in [6.07, 6.45) is 3.44. The number of benzene rings is 1. The molecule has 4 heteroatoms. The molecule has 0 saturated carbocycles. The second-order valence-corrected chi connectivity index (χ2v) is 6.03. The third-order valence-corrected chi connectivity index (χ3v) is 4.48. The minimum absolute atomic E-state index is 0.210. The van der Waals surface area contributed by atoms with Crippen molar-refractivity contribution in [1.82, 2.24) is 10.2 Å². The zero-order valence-electron chi connectivity index (χ0n) is 12.3. The largest absolute Gasteiger partial charge is 0.311 e. The van der Waals surface area contributed by atoms with Gasteiger partial charge in [0.1, 0.15) is 5.82 Å². The van der Waals surface area contributed by atoms with Crippen molar-refractivity contribution in [3.63, 3.8) is 0 Å². The maximum Gasteiger partial charge on any atom is 0.123 e. The lowest BCUT2D eigenvalue weighted by molar-refractivity contribution is 0.113. The van der Waals surface area contributed by atoms with E-state index in [9.17, 15) is 4.39 Å². The molecule has 1 aliphatic rings. The van der Waals surface area contributed by atoms with Crippen molar-refractivity contribution in [1.29, 1.82) is 0 Å². The van der Waals surface area contributed by atoms with E-state index >= 15 is 0 Å². The Hall–Kier alpha value is -0.640. The van der Waals surface area contributed by atoms with Crippen LogP contribution >= 0.6 is 11.6 Å². The molecule has 20 heavy (non-hydrogen) atoms. The molecule has 1 fully saturated rings. The van der Waals surface area contributed by atoms with Crippen molar-refractivity contribution in [2.45, 2.75) is 51.7 Å². The number of nitrogens with zero attached hydrogens (tertiary/aromatic N) is 1. The first-order chi connectivity index (χ1) is 9.63. The quantitative estimate of drug-likeness (QED) is 0.889. The van der Waals surface area contributed by atoms with Crippen LogP contribution in [0.1, 0.15) is 38.7 Å². The van der Waals surface area contributed by atoms with Gasteiger partial charge in [-0.25, -0.2) is 4.39 Å². The van der Waals surface area contributed by atoms with Gasteiger partial charge in [0.25, 0.3) is 0 Å². The van der Waals surface area contributed by atoms with Crippen molar-refractivity contribution >= 4 is 11.6 Å². The predicted molar refractivity (Wildman–Crippen MR) is 82.6 cm³/mol. The van der Waals surface area contributed by atoms with Gasteiger partial charge in [-0.05, 0) is 36.6 Å². The fourth-order valence-electron chi connectivity index (χ4n) is 2.90. The van der Waals surface area contributed by atoms with Gasteiger partial charge in [-0.15, -0.1) is 0 Å². The van der Waals surface area contributed by atoms with Crippen LogP contribution in [-0.2, 0) is 6.54 Å². The normalized spacial score (nSPS) is 24.0. The summed E-state index contributed by atoms with van der Waals surface area (Å²) in [6, 6.07) is 5.68. The Labute approximate surface area is 126 Å². The van der Waals surface area contributed by atoms with Crippen LogP contribution in [0.4, 0.5) is 4.39 Å². The van der Waals surface area contributed by atoms with Crippen LogP contribution in [0.25, 0.3) is 0 Å². The number of piperazine rings is 1. The van der Waals surface area contributed by atoms with Crippen molar-refractivity contribution in [2.75, 3.05) is 13.1 Å². The van der Waals surface area contributed by atoms with E-state index < -0.39 is 0 Å². The summed E-state index contributed by atoms with van der Waals surface area (Å²) in [6.45, 7) is 7.16. The summed E-state index contributed by atoms with van der Waals surface area (Å²) in [4.78, 5) is 2.45. The molecule has 0 aliphatic carbocycles. The molecule has 0 spiro atoms. The van der Waals surface area contributed by atoms with Crippen molar-refractivity contribution < 1.29 is 4.39 Å². The van der Waals surface area contributed by atoms with E-state index in [1.807, 2.05) is 0 Å². The second kappa shape index (κ2) is 7.39. The van der Waals surface area contributed by atoms with Gasteiger partial charge < -0.3 is 5.32 Å². The van der Waals surface area contributed by atoms with Gasteiger partial charge in [0.2, 0.25) is 0 Å². The van der Waals surface area contributed by atoms with Crippen LogP contribution < -0.4 is 5.32 Å². The molecule has 0 aromatic heterocycles. The van der Waals surface area contributed by atoms with Crippen LogP contribution in [0.2, 0.25) is 5.02 Å². The highest BCUT2D eigenvalue weighted by Crippen LogP contribution is 2.22. The fourth-order valence-corrected chi connectivity index (χ4v) is 3.07. The standard InChI is InChI=1S/C16H24ClFN2/c1-3-5-15-9-19-14(4-2)11-20(15)10-12-8-13(18)6-7-16(12)17/h6-8,14-15,19H,3-5,9-11H2,1-2H3.